The van der Waals surface area contributed by atoms with E-state index in [0.717, 1.165) is 33.3 Å². The topological polar surface area (TPSA) is 42.7 Å². The first-order chi connectivity index (χ1) is 69.9. The molecule has 0 spiro atoms. The number of aromatic nitrogens is 6. The van der Waals surface area contributed by atoms with Crippen molar-refractivity contribution in [3.63, 3.8) is 0 Å². The average Bonchev–Trinajstić information content (AvgIpc) is 1.58. The van der Waals surface area contributed by atoms with E-state index >= 15 is 0 Å². The van der Waals surface area contributed by atoms with Crippen molar-refractivity contribution in [2.24, 2.45) is 0 Å². The lowest BCUT2D eigenvalue weighted by Crippen LogP contribution is -1.94. The van der Waals surface area contributed by atoms with Crippen LogP contribution in [0.3, 0.4) is 0 Å². The van der Waals surface area contributed by atoms with Gasteiger partial charge in [-0.3, -0.25) is 0 Å². The van der Waals surface area contributed by atoms with Gasteiger partial charge in [-0.2, -0.15) is 0 Å². The number of hydrogen-bond acceptors (Lipinski definition) is 3. The second-order valence-corrected chi connectivity index (χ2v) is 39.0. The number of fused-ring (bicyclic) bond motifs is 27. The molecule has 9 aromatic heterocycles. The lowest BCUT2D eigenvalue weighted by Gasteiger charge is -2.11. The fourth-order valence-corrected chi connectivity index (χ4v) is 25.2. The molecule has 658 valence electrons. The normalized spacial score (nSPS) is 12.0. The van der Waals surface area contributed by atoms with Crippen molar-refractivity contribution in [3.05, 3.63) is 497 Å². The maximum atomic E-state index is 6.30. The van der Waals surface area contributed by atoms with Crippen LogP contribution in [0, 0.1) is 0 Å². The summed E-state index contributed by atoms with van der Waals surface area (Å²) >= 11 is 3.75. The third-order valence-corrected chi connectivity index (χ3v) is 31.5. The van der Waals surface area contributed by atoms with E-state index in [0.29, 0.717) is 0 Å². The van der Waals surface area contributed by atoms with Gasteiger partial charge >= 0.3 is 0 Å². The number of para-hydroxylation sites is 9. The average molecular weight is 1830 g/mol. The molecule has 141 heavy (non-hydrogen) atoms. The molecule has 31 aromatic rings. The number of nitrogens with zero attached hydrogens (tertiary/aromatic N) is 6. The highest BCUT2D eigenvalue weighted by Gasteiger charge is 2.25. The van der Waals surface area contributed by atoms with Crippen molar-refractivity contribution in [1.82, 2.24) is 27.4 Å². The summed E-state index contributed by atoms with van der Waals surface area (Å²) < 4.78 is 26.0. The van der Waals surface area contributed by atoms with Gasteiger partial charge in [0, 0.05) is 128 Å². The number of hydrogen-bond donors (Lipinski definition) is 0. The number of furan rings is 1. The largest absolute Gasteiger partial charge is 0.456 e. The first kappa shape index (κ1) is 80.2. The van der Waals surface area contributed by atoms with Crippen LogP contribution >= 0.6 is 22.7 Å². The summed E-state index contributed by atoms with van der Waals surface area (Å²) in [6, 6.07) is 181. The van der Waals surface area contributed by atoms with Crippen LogP contribution in [0.4, 0.5) is 0 Å². The summed E-state index contributed by atoms with van der Waals surface area (Å²) in [6.07, 6.45) is 0. The highest BCUT2D eigenvalue weighted by molar-refractivity contribution is 7.26. The van der Waals surface area contributed by atoms with Gasteiger partial charge in [-0.15, -0.1) is 22.7 Å². The van der Waals surface area contributed by atoms with Gasteiger partial charge in [0.1, 0.15) is 11.2 Å². The molecule has 0 bridgehead atoms. The molecule has 31 rings (SSSR count). The molecule has 0 aliphatic heterocycles. The summed E-state index contributed by atoms with van der Waals surface area (Å²) in [5, 5.41) is 22.7. The molecule has 7 nitrogen and oxygen atoms in total. The third kappa shape index (κ3) is 12.8. The molecule has 0 amide bonds. The van der Waals surface area contributed by atoms with Crippen molar-refractivity contribution >= 4 is 216 Å². The summed E-state index contributed by atoms with van der Waals surface area (Å²) in [5.74, 6) is 0. The Hall–Kier alpha value is -18.1. The number of rotatable bonds is 10. The van der Waals surface area contributed by atoms with Crippen LogP contribution in [0.1, 0.15) is 0 Å². The van der Waals surface area contributed by atoms with Crippen molar-refractivity contribution in [3.8, 4) is 78.6 Å². The summed E-state index contributed by atoms with van der Waals surface area (Å²) in [5.41, 5.74) is 33.2. The molecule has 0 aliphatic rings. The fraction of sp³-hybridized carbons (Fsp3) is 0. The Morgan fingerprint density at radius 2 is 0.418 bits per heavy atom. The number of benzene rings is 22. The van der Waals surface area contributed by atoms with Gasteiger partial charge in [-0.05, 0) is 239 Å². The molecule has 0 saturated heterocycles. The highest BCUT2D eigenvalue weighted by Crippen LogP contribution is 2.48. The molecule has 0 radical (unpaired) electrons. The van der Waals surface area contributed by atoms with Gasteiger partial charge < -0.3 is 31.8 Å². The second-order valence-electron chi connectivity index (χ2n) is 36.9. The first-order valence-electron chi connectivity index (χ1n) is 48.2. The lowest BCUT2D eigenvalue weighted by molar-refractivity contribution is 0.669. The molecule has 0 atom stereocenters. The SMILES string of the molecule is c1ccc(-c2ccc(-n3c4ccccc4c4cc(-c5ccc6c(c5)c5ccccc5n6-c5cccc6oc7ccccc7c56)ccc43)cc2)cc1.c1ccc(-n2c3ccccc3c3cc(-c4ccc5c(c4)c4ccccc4n5-c4ccc5c(c4)sc4ccccc45)ccc32)cc1.c1ccc(-n2c3ccccc3c3cc(-c4ccc5c(c4)c4ccccc4n5-c4cccc5c4sc4ccccc45)ccc32)cc1. The molecular weight excluding hydrogens is 1750 g/mol. The van der Waals surface area contributed by atoms with Gasteiger partial charge in [0.2, 0.25) is 0 Å². The van der Waals surface area contributed by atoms with Gasteiger partial charge in [-0.25, -0.2) is 0 Å². The van der Waals surface area contributed by atoms with Gasteiger partial charge in [0.25, 0.3) is 0 Å². The van der Waals surface area contributed by atoms with Gasteiger partial charge in [0.15, 0.2) is 0 Å². The third-order valence-electron chi connectivity index (χ3n) is 29.2. The predicted octanol–water partition coefficient (Wildman–Crippen LogP) is 36.9. The van der Waals surface area contributed by atoms with E-state index < -0.39 is 0 Å². The molecule has 9 heteroatoms. The van der Waals surface area contributed by atoms with Crippen LogP contribution in [0.5, 0.6) is 0 Å². The quantitative estimate of drug-likeness (QED) is 0.135. The number of thiophene rings is 2. The minimum atomic E-state index is 0.899. The Labute approximate surface area is 817 Å². The Balaban J connectivity index is 0.000000102. The van der Waals surface area contributed by atoms with Crippen LogP contribution in [-0.2, 0) is 0 Å². The standard InChI is InChI=1S/C48H30N2O.2C42H26N2S/c1-2-11-31(12-3-1)32-21-25-35(26-22-32)49-41-16-7-4-13-36(41)39-29-33(23-27-43(39)49)34-24-28-44-40(30-34)37-14-5-8-17-42(37)50(44)45-18-10-20-47-48(45)38-15-6-9-19-46(38)51-47;1-2-11-29(12-3-1)43-36-17-7-4-13-30(36)34-25-27(21-23-38(34)43)28-22-24-39-35(26-28)31-14-5-8-18-37(31)44(39)40-19-10-16-33-32-15-6-9-20-41(32)45-42(33)40;1-2-10-29(11-3-1)43-37-15-7-4-12-31(37)35-24-27(18-22-39(35)43)28-19-23-40-36(25-28)32-13-5-8-16-38(32)44(40)30-20-21-34-33-14-6-9-17-41(33)45-42(34)26-30/h1-30H;2*1-26H. The van der Waals surface area contributed by atoms with E-state index in [9.17, 15) is 0 Å². The minimum Gasteiger partial charge on any atom is -0.456 e. The summed E-state index contributed by atoms with van der Waals surface area (Å²) in [6.45, 7) is 0. The molecular formula is C132H82N6OS2. The smallest absolute Gasteiger partial charge is 0.137 e. The highest BCUT2D eigenvalue weighted by atomic mass is 32.1. The monoisotopic (exact) mass is 1830 g/mol. The molecule has 0 fully saturated rings. The Bertz CT molecular complexity index is 10500. The maximum Gasteiger partial charge on any atom is 0.137 e. The van der Waals surface area contributed by atoms with Crippen molar-refractivity contribution in [2.45, 2.75) is 0 Å². The van der Waals surface area contributed by atoms with Crippen LogP contribution in [0.25, 0.3) is 272 Å². The molecule has 0 aliphatic carbocycles. The van der Waals surface area contributed by atoms with Crippen molar-refractivity contribution in [1.29, 1.82) is 0 Å². The lowest BCUT2D eigenvalue weighted by atomic mass is 10.0. The second kappa shape index (κ2) is 32.3. The Morgan fingerprint density at radius 1 is 0.142 bits per heavy atom. The van der Waals surface area contributed by atoms with E-state index in [-0.39, 0.29) is 0 Å². The van der Waals surface area contributed by atoms with E-state index in [1.54, 1.807) is 0 Å². The van der Waals surface area contributed by atoms with E-state index in [4.69, 9.17) is 4.42 Å². The zero-order valence-electron chi connectivity index (χ0n) is 76.3. The van der Waals surface area contributed by atoms with Crippen molar-refractivity contribution < 1.29 is 4.42 Å². The maximum absolute atomic E-state index is 6.30. The van der Waals surface area contributed by atoms with Crippen LogP contribution in [0.2, 0.25) is 0 Å². The van der Waals surface area contributed by atoms with Crippen molar-refractivity contribution in [2.75, 3.05) is 0 Å². The van der Waals surface area contributed by atoms with Gasteiger partial charge in [0.05, 0.1) is 87.7 Å². The molecule has 0 unspecified atom stereocenters. The fourth-order valence-electron chi connectivity index (χ4n) is 22.8. The molecule has 22 aromatic carbocycles. The summed E-state index contributed by atoms with van der Waals surface area (Å²) in [7, 11) is 0. The van der Waals surface area contributed by atoms with E-state index in [1.165, 1.54) is 238 Å². The van der Waals surface area contributed by atoms with E-state index in [2.05, 4.69) is 513 Å². The van der Waals surface area contributed by atoms with Crippen LogP contribution < -0.4 is 0 Å². The van der Waals surface area contributed by atoms with E-state index in [1.807, 2.05) is 34.8 Å². The molecule has 0 saturated carbocycles. The van der Waals surface area contributed by atoms with Crippen LogP contribution in [0.15, 0.2) is 502 Å². The zero-order chi connectivity index (χ0) is 92.4. The summed E-state index contributed by atoms with van der Waals surface area (Å²) in [4.78, 5) is 0. The Kier molecular flexibility index (Phi) is 18.4. The molecule has 0 N–H and O–H groups in total. The van der Waals surface area contributed by atoms with Crippen LogP contribution in [-0.4, -0.2) is 27.4 Å². The minimum absolute atomic E-state index is 0.899. The zero-order valence-corrected chi connectivity index (χ0v) is 77.9. The predicted molar refractivity (Wildman–Crippen MR) is 600 cm³/mol. The first-order valence-corrected chi connectivity index (χ1v) is 49.8. The van der Waals surface area contributed by atoms with Gasteiger partial charge in [-0.1, -0.05) is 303 Å². The Morgan fingerprint density at radius 3 is 0.858 bits per heavy atom. The molecule has 9 heterocycles.